The van der Waals surface area contributed by atoms with Gasteiger partial charge < -0.3 is 10.2 Å². The first kappa shape index (κ1) is 17.4. The number of benzene rings is 2. The third kappa shape index (κ3) is 3.85. The maximum absolute atomic E-state index is 12.7. The number of carbonyl (C=O) groups is 1. The topological polar surface area (TPSA) is 32.3 Å². The smallest absolute Gasteiger partial charge is 0.255 e. The van der Waals surface area contributed by atoms with Crippen LogP contribution in [0.15, 0.2) is 36.4 Å². The Kier molecular flexibility index (Phi) is 5.67. The molecule has 2 aromatic rings. The minimum atomic E-state index is -0.111. The molecule has 0 spiro atoms. The van der Waals surface area contributed by atoms with Crippen LogP contribution in [0.4, 0.5) is 11.4 Å². The lowest BCUT2D eigenvalue weighted by molar-refractivity contribution is 0.102. The van der Waals surface area contributed by atoms with Gasteiger partial charge in [0.15, 0.2) is 0 Å². The first-order valence-electron chi connectivity index (χ1n) is 7.86. The summed E-state index contributed by atoms with van der Waals surface area (Å²) >= 11 is 6.30. The Morgan fingerprint density at radius 3 is 2.48 bits per heavy atom. The van der Waals surface area contributed by atoms with Crippen LogP contribution in [0.5, 0.6) is 0 Å². The molecule has 0 aliphatic carbocycles. The summed E-state index contributed by atoms with van der Waals surface area (Å²) in [7, 11) is 3.91. The van der Waals surface area contributed by atoms with Gasteiger partial charge in [-0.1, -0.05) is 37.6 Å². The Balaban J connectivity index is 2.37. The van der Waals surface area contributed by atoms with Gasteiger partial charge in [0.05, 0.1) is 0 Å². The summed E-state index contributed by atoms with van der Waals surface area (Å²) in [5.74, 6) is -0.111. The Morgan fingerprint density at radius 2 is 1.87 bits per heavy atom. The second kappa shape index (κ2) is 7.51. The average molecular weight is 331 g/mol. The van der Waals surface area contributed by atoms with Crippen molar-refractivity contribution in [1.29, 1.82) is 0 Å². The van der Waals surface area contributed by atoms with Crippen molar-refractivity contribution in [3.8, 4) is 0 Å². The van der Waals surface area contributed by atoms with Crippen molar-refractivity contribution in [2.24, 2.45) is 0 Å². The van der Waals surface area contributed by atoms with Crippen LogP contribution >= 0.6 is 11.6 Å². The molecule has 4 heteroatoms. The molecule has 0 radical (unpaired) electrons. The highest BCUT2D eigenvalue weighted by Crippen LogP contribution is 2.30. The minimum Gasteiger partial charge on any atom is -0.378 e. The van der Waals surface area contributed by atoms with Gasteiger partial charge in [-0.2, -0.15) is 0 Å². The van der Waals surface area contributed by atoms with E-state index < -0.39 is 0 Å². The van der Waals surface area contributed by atoms with Crippen LogP contribution in [0.3, 0.4) is 0 Å². The monoisotopic (exact) mass is 330 g/mol. The third-order valence-corrected chi connectivity index (χ3v) is 4.29. The number of halogens is 1. The fourth-order valence-corrected chi connectivity index (χ4v) is 2.87. The zero-order chi connectivity index (χ0) is 17.0. The molecule has 2 rings (SSSR count). The zero-order valence-electron chi connectivity index (χ0n) is 14.1. The van der Waals surface area contributed by atoms with Crippen LogP contribution in [-0.4, -0.2) is 20.0 Å². The second-order valence-corrected chi connectivity index (χ2v) is 6.07. The van der Waals surface area contributed by atoms with E-state index in [2.05, 4.69) is 12.2 Å². The van der Waals surface area contributed by atoms with Gasteiger partial charge in [0.25, 0.3) is 5.91 Å². The van der Waals surface area contributed by atoms with Gasteiger partial charge in [0.1, 0.15) is 0 Å². The maximum atomic E-state index is 12.7. The van der Waals surface area contributed by atoms with Crippen LogP contribution in [-0.2, 0) is 12.8 Å². The molecule has 0 aliphatic heterocycles. The summed E-state index contributed by atoms with van der Waals surface area (Å²) in [6.45, 7) is 4.12. The van der Waals surface area contributed by atoms with Crippen LogP contribution in [0.25, 0.3) is 0 Å². The molecule has 3 nitrogen and oxygen atoms in total. The molecular formula is C19H23ClN2O. The lowest BCUT2D eigenvalue weighted by atomic mass is 10.0. The number of carbonyl (C=O) groups excluding carboxylic acids is 1. The van der Waals surface area contributed by atoms with E-state index in [-0.39, 0.29) is 5.91 Å². The molecule has 23 heavy (non-hydrogen) atoms. The van der Waals surface area contributed by atoms with Gasteiger partial charge in [0, 0.05) is 36.1 Å². The molecule has 0 saturated heterocycles. The van der Waals surface area contributed by atoms with Gasteiger partial charge >= 0.3 is 0 Å². The Morgan fingerprint density at radius 1 is 1.13 bits per heavy atom. The van der Waals surface area contributed by atoms with E-state index in [9.17, 15) is 4.79 Å². The summed E-state index contributed by atoms with van der Waals surface area (Å²) in [4.78, 5) is 14.6. The molecule has 2 aromatic carbocycles. The summed E-state index contributed by atoms with van der Waals surface area (Å²) < 4.78 is 0. The summed E-state index contributed by atoms with van der Waals surface area (Å²) in [6.07, 6.45) is 1.62. The molecule has 1 amide bonds. The number of hydrogen-bond acceptors (Lipinski definition) is 2. The van der Waals surface area contributed by atoms with Crippen molar-refractivity contribution in [3.63, 3.8) is 0 Å². The molecule has 0 bridgehead atoms. The maximum Gasteiger partial charge on any atom is 0.255 e. The Bertz CT molecular complexity index is 711. The summed E-state index contributed by atoms with van der Waals surface area (Å²) in [6, 6.07) is 11.5. The number of anilines is 2. The zero-order valence-corrected chi connectivity index (χ0v) is 14.9. The summed E-state index contributed by atoms with van der Waals surface area (Å²) in [5, 5.41) is 3.76. The van der Waals surface area contributed by atoms with Crippen LogP contribution in [0.2, 0.25) is 5.02 Å². The number of rotatable bonds is 5. The highest BCUT2D eigenvalue weighted by atomic mass is 35.5. The molecule has 0 unspecified atom stereocenters. The average Bonchev–Trinajstić information content (AvgIpc) is 2.55. The molecule has 122 valence electrons. The van der Waals surface area contributed by atoms with E-state index in [1.807, 2.05) is 62.3 Å². The molecule has 0 aliphatic rings. The van der Waals surface area contributed by atoms with E-state index in [1.165, 1.54) is 0 Å². The van der Waals surface area contributed by atoms with E-state index in [4.69, 9.17) is 11.6 Å². The van der Waals surface area contributed by atoms with Gasteiger partial charge in [-0.3, -0.25) is 4.79 Å². The van der Waals surface area contributed by atoms with Crippen molar-refractivity contribution in [1.82, 2.24) is 0 Å². The second-order valence-electron chi connectivity index (χ2n) is 5.67. The predicted molar refractivity (Wildman–Crippen MR) is 98.9 cm³/mol. The van der Waals surface area contributed by atoms with Crippen molar-refractivity contribution < 1.29 is 4.79 Å². The third-order valence-electron chi connectivity index (χ3n) is 3.94. The number of aryl methyl sites for hydroxylation is 1. The lowest BCUT2D eigenvalue weighted by Crippen LogP contribution is -2.16. The van der Waals surface area contributed by atoms with E-state index in [0.717, 1.165) is 35.3 Å². The highest BCUT2D eigenvalue weighted by Gasteiger charge is 2.14. The number of nitrogens with one attached hydrogen (secondary N) is 1. The van der Waals surface area contributed by atoms with E-state index in [0.29, 0.717) is 10.6 Å². The fourth-order valence-electron chi connectivity index (χ4n) is 2.58. The Labute approximate surface area is 143 Å². The first-order chi connectivity index (χ1) is 11.0. The molecule has 1 N–H and O–H groups in total. The number of amides is 1. The predicted octanol–water partition coefficient (Wildman–Crippen LogP) is 4.78. The van der Waals surface area contributed by atoms with Crippen molar-refractivity contribution in [2.75, 3.05) is 24.3 Å². The van der Waals surface area contributed by atoms with E-state index in [1.54, 1.807) is 0 Å². The quantitative estimate of drug-likeness (QED) is 0.855. The summed E-state index contributed by atoms with van der Waals surface area (Å²) in [5.41, 5.74) is 4.57. The number of nitrogens with zero attached hydrogens (tertiary/aromatic N) is 1. The van der Waals surface area contributed by atoms with Gasteiger partial charge in [-0.05, 0) is 48.2 Å². The molecule has 0 fully saturated rings. The van der Waals surface area contributed by atoms with Gasteiger partial charge in [0.2, 0.25) is 0 Å². The van der Waals surface area contributed by atoms with Crippen LogP contribution in [0.1, 0.15) is 35.3 Å². The lowest BCUT2D eigenvalue weighted by Gasteiger charge is -2.17. The number of hydrogen-bond donors (Lipinski definition) is 1. The van der Waals surface area contributed by atoms with Gasteiger partial charge in [-0.15, -0.1) is 0 Å². The van der Waals surface area contributed by atoms with Crippen molar-refractivity contribution in [3.05, 3.63) is 58.1 Å². The Hall–Kier alpha value is -2.00. The molecular weight excluding hydrogens is 308 g/mol. The highest BCUT2D eigenvalue weighted by molar-refractivity contribution is 6.32. The minimum absolute atomic E-state index is 0.111. The first-order valence-corrected chi connectivity index (χ1v) is 8.24. The van der Waals surface area contributed by atoms with Gasteiger partial charge in [-0.25, -0.2) is 0 Å². The largest absolute Gasteiger partial charge is 0.378 e. The van der Waals surface area contributed by atoms with Crippen molar-refractivity contribution in [2.45, 2.75) is 26.7 Å². The molecule has 0 atom stereocenters. The fraction of sp³-hybridized carbons (Fsp3) is 0.316. The normalized spacial score (nSPS) is 10.5. The standard InChI is InChI=1S/C19H23ClN2O/c1-5-13-10-11-17(20)16(6-2)18(13)21-19(23)14-8-7-9-15(12-14)22(3)4/h7-12H,5-6H2,1-4H3,(H,21,23). The molecule has 0 heterocycles. The van der Waals surface area contributed by atoms with E-state index >= 15 is 0 Å². The SMILES string of the molecule is CCc1ccc(Cl)c(CC)c1NC(=O)c1cccc(N(C)C)c1. The molecule has 0 aromatic heterocycles. The van der Waals surface area contributed by atoms with Crippen molar-refractivity contribution >= 4 is 28.9 Å². The molecule has 0 saturated carbocycles. The van der Waals surface area contributed by atoms with Crippen LogP contribution < -0.4 is 10.2 Å². The van der Waals surface area contributed by atoms with Crippen LogP contribution in [0, 0.1) is 0 Å².